The molecule has 0 amide bonds. The van der Waals surface area contributed by atoms with Gasteiger partial charge in [0, 0.05) is 64.5 Å². The Morgan fingerprint density at radius 3 is 2.62 bits per heavy atom. The lowest BCUT2D eigenvalue weighted by Crippen LogP contribution is -2.40. The highest BCUT2D eigenvalue weighted by Gasteiger charge is 2.39. The van der Waals surface area contributed by atoms with E-state index in [0.29, 0.717) is 51.3 Å². The number of fused-ring (bicyclic) bond motifs is 2. The zero-order chi connectivity index (χ0) is 33.8. The molecule has 1 aliphatic heterocycles. The summed E-state index contributed by atoms with van der Waals surface area (Å²) in [6, 6.07) is 11.7. The monoisotopic (exact) mass is 691 g/mol. The Kier molecular flexibility index (Phi) is 7.93. The SMILES string of the molecule is Cc1ccc(C2CN(c3ncnc4sc(CC(F)(F)F)cc34)CC2NS(=O)(=O)c2ccc3c(cc(C#N)n3Cc3cn[nH]c3)c2C)cn1. The first-order chi connectivity index (χ1) is 22.9. The highest BCUT2D eigenvalue weighted by atomic mass is 32.2. The summed E-state index contributed by atoms with van der Waals surface area (Å²) in [5, 5.41) is 17.7. The predicted octanol–water partition coefficient (Wildman–Crippen LogP) is 5.36. The topological polar surface area (TPSA) is 145 Å². The van der Waals surface area contributed by atoms with Gasteiger partial charge in [-0.15, -0.1) is 11.3 Å². The maximum atomic E-state index is 14.1. The number of alkyl halides is 3. The molecule has 6 aromatic rings. The first-order valence-electron chi connectivity index (χ1n) is 14.9. The number of nitrogens with zero attached hydrogens (tertiary/aromatic N) is 7. The molecule has 0 spiro atoms. The molecule has 5 aromatic heterocycles. The summed E-state index contributed by atoms with van der Waals surface area (Å²) in [5.41, 5.74) is 4.08. The average molecular weight is 692 g/mol. The van der Waals surface area contributed by atoms with Crippen molar-refractivity contribution in [1.82, 2.24) is 34.4 Å². The third-order valence-corrected chi connectivity index (χ3v) is 11.3. The first kappa shape index (κ1) is 31.7. The van der Waals surface area contributed by atoms with Crippen molar-refractivity contribution in [2.24, 2.45) is 0 Å². The first-order valence-corrected chi connectivity index (χ1v) is 17.2. The number of sulfonamides is 1. The maximum Gasteiger partial charge on any atom is 0.393 e. The van der Waals surface area contributed by atoms with Gasteiger partial charge in [0.25, 0.3) is 0 Å². The number of thiophene rings is 1. The van der Waals surface area contributed by atoms with Crippen LogP contribution < -0.4 is 9.62 Å². The van der Waals surface area contributed by atoms with E-state index in [-0.39, 0.29) is 22.2 Å². The summed E-state index contributed by atoms with van der Waals surface area (Å²) in [5.74, 6) is 0.0912. The summed E-state index contributed by atoms with van der Waals surface area (Å²) >= 11 is 0.966. The number of pyridine rings is 1. The summed E-state index contributed by atoms with van der Waals surface area (Å²) in [6.45, 7) is 4.51. The maximum absolute atomic E-state index is 14.1. The number of H-pyrrole nitrogens is 1. The molecule has 1 aromatic carbocycles. The minimum Gasteiger partial charge on any atom is -0.354 e. The number of rotatable bonds is 8. The van der Waals surface area contributed by atoms with Crippen LogP contribution in [0.1, 0.15) is 38.9 Å². The highest BCUT2D eigenvalue weighted by molar-refractivity contribution is 7.89. The molecule has 48 heavy (non-hydrogen) atoms. The summed E-state index contributed by atoms with van der Waals surface area (Å²) in [6.07, 6.45) is 1.00. The number of aromatic nitrogens is 6. The lowest BCUT2D eigenvalue weighted by atomic mass is 9.96. The predicted molar refractivity (Wildman–Crippen MR) is 174 cm³/mol. The van der Waals surface area contributed by atoms with Gasteiger partial charge in [0.15, 0.2) is 0 Å². The second kappa shape index (κ2) is 12.0. The molecule has 1 aliphatic rings. The third kappa shape index (κ3) is 6.00. The Labute approximate surface area is 277 Å². The minimum atomic E-state index is -4.37. The molecule has 1 saturated heterocycles. The van der Waals surface area contributed by atoms with E-state index < -0.39 is 28.7 Å². The fraction of sp³-hybridized carbons (Fsp3) is 0.281. The van der Waals surface area contributed by atoms with Crippen molar-refractivity contribution in [1.29, 1.82) is 5.26 Å². The van der Waals surface area contributed by atoms with Crippen LogP contribution in [0.25, 0.3) is 21.1 Å². The van der Waals surface area contributed by atoms with Crippen LogP contribution in [0.5, 0.6) is 0 Å². The van der Waals surface area contributed by atoms with E-state index in [4.69, 9.17) is 0 Å². The number of nitrogens with one attached hydrogen (secondary N) is 2. The fourth-order valence-electron chi connectivity index (χ4n) is 6.38. The molecule has 2 unspecified atom stereocenters. The van der Waals surface area contributed by atoms with Crippen LogP contribution >= 0.6 is 11.3 Å². The molecule has 2 N–H and O–H groups in total. The number of aryl methyl sites for hydroxylation is 2. The minimum absolute atomic E-state index is 0.0817. The van der Waals surface area contributed by atoms with E-state index >= 15 is 0 Å². The second-order valence-corrected chi connectivity index (χ2v) is 14.6. The van der Waals surface area contributed by atoms with E-state index in [1.165, 1.54) is 12.4 Å². The molecule has 11 nitrogen and oxygen atoms in total. The quantitative estimate of drug-likeness (QED) is 0.217. The number of hydrogen-bond acceptors (Lipinski definition) is 9. The lowest BCUT2D eigenvalue weighted by molar-refractivity contribution is -0.126. The van der Waals surface area contributed by atoms with Crippen LogP contribution in [0.2, 0.25) is 0 Å². The van der Waals surface area contributed by atoms with Gasteiger partial charge in [0.2, 0.25) is 10.0 Å². The van der Waals surface area contributed by atoms with E-state index in [1.54, 1.807) is 43.7 Å². The van der Waals surface area contributed by atoms with Crippen LogP contribution in [-0.2, 0) is 23.0 Å². The molecule has 1 fully saturated rings. The zero-order valence-electron chi connectivity index (χ0n) is 25.7. The molecule has 0 radical (unpaired) electrons. The van der Waals surface area contributed by atoms with Crippen molar-refractivity contribution in [3.8, 4) is 6.07 Å². The van der Waals surface area contributed by atoms with Gasteiger partial charge in [0.1, 0.15) is 28.7 Å². The van der Waals surface area contributed by atoms with Crippen molar-refractivity contribution < 1.29 is 21.6 Å². The van der Waals surface area contributed by atoms with Gasteiger partial charge in [0.05, 0.1) is 29.4 Å². The number of nitriles is 1. The van der Waals surface area contributed by atoms with Crippen molar-refractivity contribution in [2.75, 3.05) is 18.0 Å². The zero-order valence-corrected chi connectivity index (χ0v) is 27.3. The van der Waals surface area contributed by atoms with Crippen molar-refractivity contribution in [2.45, 2.75) is 49.8 Å². The van der Waals surface area contributed by atoms with Gasteiger partial charge >= 0.3 is 6.18 Å². The van der Waals surface area contributed by atoms with Crippen LogP contribution in [0.3, 0.4) is 0 Å². The Morgan fingerprint density at radius 1 is 1.08 bits per heavy atom. The van der Waals surface area contributed by atoms with Gasteiger partial charge in [-0.3, -0.25) is 10.1 Å². The highest BCUT2D eigenvalue weighted by Crippen LogP contribution is 2.38. The number of aromatic amines is 1. The Balaban J connectivity index is 1.23. The van der Waals surface area contributed by atoms with Gasteiger partial charge in [-0.05, 0) is 55.3 Å². The number of hydrogen-bond donors (Lipinski definition) is 2. The fourth-order valence-corrected chi connectivity index (χ4v) is 8.93. The van der Waals surface area contributed by atoms with Crippen molar-refractivity contribution >= 4 is 48.3 Å². The van der Waals surface area contributed by atoms with Crippen LogP contribution in [0.15, 0.2) is 66.2 Å². The number of benzene rings is 1. The molecule has 16 heteroatoms. The standard InChI is InChI=1S/C32H28F3N9O2S2/c1-18-3-4-21(13-37-18)26-15-43(30-25-8-23(9-32(33,34)35)47-31(25)39-17-38-30)16-27(26)42-48(45,46)29-6-5-28-24(19(29)2)7-22(10-36)44(28)14-20-11-40-41-12-20/h3-8,11-13,17,26-27,42H,9,14-16H2,1-2H3,(H,40,41). The Bertz CT molecular complexity index is 2290. The Hall–Kier alpha value is -4.85. The van der Waals surface area contributed by atoms with Gasteiger partial charge in [-0.2, -0.15) is 23.5 Å². The van der Waals surface area contributed by atoms with E-state index in [0.717, 1.165) is 28.2 Å². The smallest absolute Gasteiger partial charge is 0.354 e. The largest absolute Gasteiger partial charge is 0.393 e. The molecule has 0 bridgehead atoms. The molecule has 246 valence electrons. The lowest BCUT2D eigenvalue weighted by Gasteiger charge is -2.21. The summed E-state index contributed by atoms with van der Waals surface area (Å²) < 4.78 is 72.6. The number of anilines is 1. The molecule has 6 heterocycles. The van der Waals surface area contributed by atoms with Gasteiger partial charge in [-0.25, -0.2) is 23.1 Å². The molecule has 2 atom stereocenters. The van der Waals surface area contributed by atoms with Crippen LogP contribution in [0.4, 0.5) is 19.0 Å². The van der Waals surface area contributed by atoms with E-state index in [9.17, 15) is 26.9 Å². The van der Waals surface area contributed by atoms with E-state index in [1.807, 2.05) is 28.5 Å². The van der Waals surface area contributed by atoms with Crippen LogP contribution in [-0.4, -0.2) is 63.4 Å². The average Bonchev–Trinajstić information content (AvgIpc) is 3.83. The molecular weight excluding hydrogens is 664 g/mol. The molecule has 0 aliphatic carbocycles. The van der Waals surface area contributed by atoms with Crippen molar-refractivity contribution in [3.05, 3.63) is 94.3 Å². The molecule has 0 saturated carbocycles. The number of halogens is 3. The van der Waals surface area contributed by atoms with Gasteiger partial charge < -0.3 is 9.47 Å². The van der Waals surface area contributed by atoms with Crippen LogP contribution in [0, 0.1) is 25.2 Å². The van der Waals surface area contributed by atoms with Gasteiger partial charge in [-0.1, -0.05) is 6.07 Å². The van der Waals surface area contributed by atoms with E-state index in [2.05, 4.69) is 35.9 Å². The molecule has 7 rings (SSSR count). The Morgan fingerprint density at radius 2 is 1.92 bits per heavy atom. The third-order valence-electron chi connectivity index (χ3n) is 8.63. The molecular formula is C32H28F3N9O2S2. The van der Waals surface area contributed by atoms with Crippen molar-refractivity contribution in [3.63, 3.8) is 0 Å². The summed E-state index contributed by atoms with van der Waals surface area (Å²) in [4.78, 5) is 15.6. The normalized spacial score (nSPS) is 17.0. The second-order valence-electron chi connectivity index (χ2n) is 11.8. The summed E-state index contributed by atoms with van der Waals surface area (Å²) in [7, 11) is -4.10.